The SMILES string of the molecule is CCN(CC)C(=O)c1cccc(NC(=O)c2ccc(C(F)(F)F)cc2)c1. The average molecular weight is 364 g/mol. The van der Waals surface area contributed by atoms with Gasteiger partial charge in [-0.2, -0.15) is 13.2 Å². The Morgan fingerprint density at radius 2 is 1.58 bits per heavy atom. The Kier molecular flexibility index (Phi) is 6.02. The summed E-state index contributed by atoms with van der Waals surface area (Å²) in [7, 11) is 0. The van der Waals surface area contributed by atoms with Gasteiger partial charge < -0.3 is 10.2 Å². The second-order valence-electron chi connectivity index (χ2n) is 5.59. The zero-order valence-electron chi connectivity index (χ0n) is 14.4. The third-order valence-corrected chi connectivity index (χ3v) is 3.89. The van der Waals surface area contributed by atoms with Crippen LogP contribution in [-0.4, -0.2) is 29.8 Å². The number of carbonyl (C=O) groups is 2. The van der Waals surface area contributed by atoms with Gasteiger partial charge in [-0.3, -0.25) is 9.59 Å². The lowest BCUT2D eigenvalue weighted by molar-refractivity contribution is -0.137. The van der Waals surface area contributed by atoms with E-state index in [4.69, 9.17) is 0 Å². The lowest BCUT2D eigenvalue weighted by atomic mass is 10.1. The Morgan fingerprint density at radius 3 is 2.12 bits per heavy atom. The quantitative estimate of drug-likeness (QED) is 0.853. The van der Waals surface area contributed by atoms with Crippen molar-refractivity contribution in [3.05, 3.63) is 65.2 Å². The van der Waals surface area contributed by atoms with Gasteiger partial charge in [0.25, 0.3) is 11.8 Å². The minimum Gasteiger partial charge on any atom is -0.339 e. The number of benzene rings is 2. The molecule has 0 saturated heterocycles. The molecule has 7 heteroatoms. The maximum atomic E-state index is 12.6. The molecule has 138 valence electrons. The fourth-order valence-corrected chi connectivity index (χ4v) is 2.44. The number of amides is 2. The fourth-order valence-electron chi connectivity index (χ4n) is 2.44. The number of carbonyl (C=O) groups excluding carboxylic acids is 2. The van der Waals surface area contributed by atoms with Crippen LogP contribution in [-0.2, 0) is 6.18 Å². The van der Waals surface area contributed by atoms with Gasteiger partial charge in [-0.15, -0.1) is 0 Å². The first-order valence-corrected chi connectivity index (χ1v) is 8.14. The highest BCUT2D eigenvalue weighted by Gasteiger charge is 2.30. The van der Waals surface area contributed by atoms with Crippen LogP contribution >= 0.6 is 0 Å². The van der Waals surface area contributed by atoms with E-state index in [0.29, 0.717) is 24.3 Å². The number of rotatable bonds is 5. The van der Waals surface area contributed by atoms with E-state index in [9.17, 15) is 22.8 Å². The summed E-state index contributed by atoms with van der Waals surface area (Å²) in [6, 6.07) is 10.4. The first-order valence-electron chi connectivity index (χ1n) is 8.14. The summed E-state index contributed by atoms with van der Waals surface area (Å²) in [6.07, 6.45) is -4.45. The summed E-state index contributed by atoms with van der Waals surface area (Å²) in [5, 5.41) is 2.60. The normalized spacial score (nSPS) is 11.1. The minimum atomic E-state index is -4.45. The molecule has 0 bridgehead atoms. The summed E-state index contributed by atoms with van der Waals surface area (Å²) in [5.74, 6) is -0.702. The van der Waals surface area contributed by atoms with Crippen LogP contribution in [0.1, 0.15) is 40.1 Å². The fraction of sp³-hybridized carbons (Fsp3) is 0.263. The molecule has 2 aromatic carbocycles. The number of hydrogen-bond donors (Lipinski definition) is 1. The van der Waals surface area contributed by atoms with E-state index in [1.54, 1.807) is 29.2 Å². The maximum Gasteiger partial charge on any atom is 0.416 e. The van der Waals surface area contributed by atoms with Crippen molar-refractivity contribution in [2.75, 3.05) is 18.4 Å². The van der Waals surface area contributed by atoms with Crippen LogP contribution in [0.25, 0.3) is 0 Å². The van der Waals surface area contributed by atoms with Crippen LogP contribution in [0.3, 0.4) is 0 Å². The zero-order chi connectivity index (χ0) is 19.3. The maximum absolute atomic E-state index is 12.6. The molecule has 0 heterocycles. The van der Waals surface area contributed by atoms with Crippen molar-refractivity contribution < 1.29 is 22.8 Å². The molecule has 0 fully saturated rings. The molecule has 0 unspecified atom stereocenters. The third kappa shape index (κ3) is 4.62. The summed E-state index contributed by atoms with van der Waals surface area (Å²) in [5.41, 5.74) is 0.103. The number of halogens is 3. The van der Waals surface area contributed by atoms with E-state index in [-0.39, 0.29) is 11.5 Å². The van der Waals surface area contributed by atoms with E-state index >= 15 is 0 Å². The van der Waals surface area contributed by atoms with Crippen molar-refractivity contribution in [3.63, 3.8) is 0 Å². The molecule has 0 aromatic heterocycles. The molecule has 2 amide bonds. The van der Waals surface area contributed by atoms with Gasteiger partial charge in [0, 0.05) is 29.9 Å². The van der Waals surface area contributed by atoms with Crippen molar-refractivity contribution in [1.29, 1.82) is 0 Å². The number of nitrogens with zero attached hydrogens (tertiary/aromatic N) is 1. The smallest absolute Gasteiger partial charge is 0.339 e. The predicted molar refractivity (Wildman–Crippen MR) is 93.1 cm³/mol. The van der Waals surface area contributed by atoms with Crippen molar-refractivity contribution in [3.8, 4) is 0 Å². The molecule has 0 aliphatic rings. The Hall–Kier alpha value is -2.83. The molecule has 0 spiro atoms. The van der Waals surface area contributed by atoms with E-state index in [2.05, 4.69) is 5.32 Å². The van der Waals surface area contributed by atoms with Crippen molar-refractivity contribution in [1.82, 2.24) is 4.90 Å². The third-order valence-electron chi connectivity index (χ3n) is 3.89. The molecule has 0 saturated carbocycles. The lowest BCUT2D eigenvalue weighted by Gasteiger charge is -2.19. The molecule has 0 atom stereocenters. The monoisotopic (exact) mass is 364 g/mol. The lowest BCUT2D eigenvalue weighted by Crippen LogP contribution is -2.30. The van der Waals surface area contributed by atoms with Gasteiger partial charge in [-0.05, 0) is 56.3 Å². The molecule has 2 aromatic rings. The second kappa shape index (κ2) is 8.03. The second-order valence-corrected chi connectivity index (χ2v) is 5.59. The Morgan fingerprint density at radius 1 is 0.962 bits per heavy atom. The summed E-state index contributed by atoms with van der Waals surface area (Å²) >= 11 is 0. The van der Waals surface area contributed by atoms with Crippen molar-refractivity contribution in [2.45, 2.75) is 20.0 Å². The van der Waals surface area contributed by atoms with E-state index < -0.39 is 17.6 Å². The summed E-state index contributed by atoms with van der Waals surface area (Å²) in [4.78, 5) is 26.2. The van der Waals surface area contributed by atoms with Gasteiger partial charge in [0.05, 0.1) is 5.56 Å². The van der Waals surface area contributed by atoms with Crippen LogP contribution in [0.4, 0.5) is 18.9 Å². The summed E-state index contributed by atoms with van der Waals surface area (Å²) in [6.45, 7) is 4.88. The first kappa shape index (κ1) is 19.5. The molecule has 2 rings (SSSR count). The average Bonchev–Trinajstić information content (AvgIpc) is 2.62. The van der Waals surface area contributed by atoms with Crippen molar-refractivity contribution in [2.24, 2.45) is 0 Å². The highest BCUT2D eigenvalue weighted by atomic mass is 19.4. The van der Waals surface area contributed by atoms with Crippen LogP contribution in [0.5, 0.6) is 0 Å². The van der Waals surface area contributed by atoms with E-state index in [0.717, 1.165) is 24.3 Å². The number of anilines is 1. The Bertz CT molecular complexity index is 782. The van der Waals surface area contributed by atoms with E-state index in [1.807, 2.05) is 13.8 Å². The predicted octanol–water partition coefficient (Wildman–Crippen LogP) is 4.44. The van der Waals surface area contributed by atoms with Gasteiger partial charge in [-0.25, -0.2) is 0 Å². The molecule has 0 radical (unpaired) electrons. The van der Waals surface area contributed by atoms with E-state index in [1.165, 1.54) is 0 Å². The van der Waals surface area contributed by atoms with Gasteiger partial charge in [-0.1, -0.05) is 6.07 Å². The standard InChI is InChI=1S/C19H19F3N2O2/c1-3-24(4-2)18(26)14-6-5-7-16(12-14)23-17(25)13-8-10-15(11-9-13)19(20,21)22/h5-12H,3-4H2,1-2H3,(H,23,25). The molecule has 0 aliphatic carbocycles. The molecular weight excluding hydrogens is 345 g/mol. The molecular formula is C19H19F3N2O2. The molecule has 4 nitrogen and oxygen atoms in total. The van der Waals surface area contributed by atoms with Crippen LogP contribution in [0, 0.1) is 0 Å². The highest BCUT2D eigenvalue weighted by molar-refractivity contribution is 6.05. The highest BCUT2D eigenvalue weighted by Crippen LogP contribution is 2.29. The van der Waals surface area contributed by atoms with Gasteiger partial charge in [0.1, 0.15) is 0 Å². The van der Waals surface area contributed by atoms with Crippen LogP contribution < -0.4 is 5.32 Å². The Balaban J connectivity index is 2.14. The first-order chi connectivity index (χ1) is 12.3. The Labute approximate surface area is 149 Å². The van der Waals surface area contributed by atoms with Crippen LogP contribution in [0.15, 0.2) is 48.5 Å². The van der Waals surface area contributed by atoms with Crippen molar-refractivity contribution >= 4 is 17.5 Å². The topological polar surface area (TPSA) is 49.4 Å². The molecule has 1 N–H and O–H groups in total. The van der Waals surface area contributed by atoms with Gasteiger partial charge in [0.15, 0.2) is 0 Å². The summed E-state index contributed by atoms with van der Waals surface area (Å²) < 4.78 is 37.7. The molecule has 0 aliphatic heterocycles. The largest absolute Gasteiger partial charge is 0.416 e. The van der Waals surface area contributed by atoms with Gasteiger partial charge in [0.2, 0.25) is 0 Å². The number of nitrogens with one attached hydrogen (secondary N) is 1. The number of hydrogen-bond acceptors (Lipinski definition) is 2. The van der Waals surface area contributed by atoms with Crippen LogP contribution in [0.2, 0.25) is 0 Å². The van der Waals surface area contributed by atoms with Gasteiger partial charge >= 0.3 is 6.18 Å². The molecule has 26 heavy (non-hydrogen) atoms. The number of alkyl halides is 3. The minimum absolute atomic E-state index is 0.0958. The zero-order valence-corrected chi connectivity index (χ0v) is 14.4.